The quantitative estimate of drug-likeness (QED) is 0.798. The number of imide groups is 1. The molecule has 0 bridgehead atoms. The highest BCUT2D eigenvalue weighted by Crippen LogP contribution is 2.25. The van der Waals surface area contributed by atoms with Crippen molar-refractivity contribution in [3.63, 3.8) is 0 Å². The van der Waals surface area contributed by atoms with Crippen molar-refractivity contribution in [2.45, 2.75) is 25.8 Å². The van der Waals surface area contributed by atoms with E-state index in [4.69, 9.17) is 5.73 Å². The molecule has 0 spiro atoms. The molecule has 0 aliphatic carbocycles. The molecule has 1 atom stereocenters. The van der Waals surface area contributed by atoms with E-state index in [0.29, 0.717) is 17.7 Å². The lowest BCUT2D eigenvalue weighted by molar-refractivity contribution is 0.0581. The Bertz CT molecular complexity index is 421. The maximum atomic E-state index is 12.1. The van der Waals surface area contributed by atoms with Crippen LogP contribution in [0.5, 0.6) is 0 Å². The van der Waals surface area contributed by atoms with E-state index in [1.807, 2.05) is 6.92 Å². The van der Waals surface area contributed by atoms with Crippen molar-refractivity contribution in [3.8, 4) is 0 Å². The van der Waals surface area contributed by atoms with Crippen LogP contribution in [0.25, 0.3) is 0 Å². The minimum absolute atomic E-state index is 0.188. The molecule has 90 valence electrons. The summed E-state index contributed by atoms with van der Waals surface area (Å²) in [5.74, 6) is -0.427. The molecule has 0 radical (unpaired) electrons. The molecule has 0 saturated carbocycles. The van der Waals surface area contributed by atoms with Crippen LogP contribution in [0.4, 0.5) is 0 Å². The second-order valence-electron chi connectivity index (χ2n) is 4.20. The van der Waals surface area contributed by atoms with Crippen molar-refractivity contribution in [1.82, 2.24) is 4.90 Å². The second kappa shape index (κ2) is 4.67. The molecule has 1 aliphatic heterocycles. The average molecular weight is 232 g/mol. The molecular weight excluding hydrogens is 216 g/mol. The third kappa shape index (κ3) is 1.85. The van der Waals surface area contributed by atoms with Gasteiger partial charge < -0.3 is 5.73 Å². The number of hydrogen-bond acceptors (Lipinski definition) is 3. The Morgan fingerprint density at radius 3 is 2.12 bits per heavy atom. The van der Waals surface area contributed by atoms with Crippen molar-refractivity contribution in [3.05, 3.63) is 35.4 Å². The number of carbonyl (C=O) groups excluding carboxylic acids is 2. The fraction of sp³-hybridized carbons (Fsp3) is 0.385. The summed E-state index contributed by atoms with van der Waals surface area (Å²) >= 11 is 0. The summed E-state index contributed by atoms with van der Waals surface area (Å²) in [6.07, 6.45) is 1.65. The number of benzene rings is 1. The smallest absolute Gasteiger partial charge is 0.261 e. The van der Waals surface area contributed by atoms with Crippen LogP contribution in [-0.2, 0) is 0 Å². The monoisotopic (exact) mass is 232 g/mol. The van der Waals surface area contributed by atoms with E-state index in [0.717, 1.165) is 12.8 Å². The van der Waals surface area contributed by atoms with Crippen molar-refractivity contribution >= 4 is 11.8 Å². The molecule has 17 heavy (non-hydrogen) atoms. The molecule has 0 fully saturated rings. The highest BCUT2D eigenvalue weighted by molar-refractivity contribution is 6.21. The first kappa shape index (κ1) is 11.8. The summed E-state index contributed by atoms with van der Waals surface area (Å²) in [6.45, 7) is 2.33. The lowest BCUT2D eigenvalue weighted by Gasteiger charge is -2.24. The third-order valence-electron chi connectivity index (χ3n) is 3.08. The first-order chi connectivity index (χ1) is 8.20. The molecular formula is C13H16N2O2. The zero-order valence-electron chi connectivity index (χ0n) is 9.85. The van der Waals surface area contributed by atoms with E-state index in [2.05, 4.69) is 0 Å². The van der Waals surface area contributed by atoms with Crippen molar-refractivity contribution in [2.75, 3.05) is 6.54 Å². The van der Waals surface area contributed by atoms with Gasteiger partial charge in [0.05, 0.1) is 17.2 Å². The van der Waals surface area contributed by atoms with Gasteiger partial charge in [-0.3, -0.25) is 14.5 Å². The van der Waals surface area contributed by atoms with E-state index in [1.54, 1.807) is 24.3 Å². The first-order valence-corrected chi connectivity index (χ1v) is 5.87. The fourth-order valence-electron chi connectivity index (χ4n) is 2.23. The van der Waals surface area contributed by atoms with Gasteiger partial charge in [0.25, 0.3) is 11.8 Å². The molecule has 4 nitrogen and oxygen atoms in total. The van der Waals surface area contributed by atoms with Crippen LogP contribution >= 0.6 is 0 Å². The van der Waals surface area contributed by atoms with Crippen LogP contribution in [0.1, 0.15) is 40.5 Å². The van der Waals surface area contributed by atoms with Crippen LogP contribution in [0.15, 0.2) is 24.3 Å². The van der Waals surface area contributed by atoms with E-state index < -0.39 is 0 Å². The Kier molecular flexibility index (Phi) is 3.24. The molecule has 1 heterocycles. The van der Waals surface area contributed by atoms with Crippen LogP contribution in [0, 0.1) is 0 Å². The van der Waals surface area contributed by atoms with E-state index in [-0.39, 0.29) is 17.9 Å². The van der Waals surface area contributed by atoms with Gasteiger partial charge in [0.2, 0.25) is 0 Å². The van der Waals surface area contributed by atoms with Gasteiger partial charge in [-0.1, -0.05) is 25.5 Å². The molecule has 0 aromatic heterocycles. The maximum Gasteiger partial charge on any atom is 0.261 e. The largest absolute Gasteiger partial charge is 0.328 e. The van der Waals surface area contributed by atoms with Gasteiger partial charge in [0.15, 0.2) is 0 Å². The number of nitrogens with two attached hydrogens (primary N) is 1. The predicted molar refractivity (Wildman–Crippen MR) is 64.7 cm³/mol. The lowest BCUT2D eigenvalue weighted by Crippen LogP contribution is -2.44. The number of amides is 2. The summed E-state index contributed by atoms with van der Waals surface area (Å²) in [7, 11) is 0. The summed E-state index contributed by atoms with van der Waals surface area (Å²) in [5.41, 5.74) is 6.64. The summed E-state index contributed by atoms with van der Waals surface area (Å²) in [5, 5.41) is 0. The van der Waals surface area contributed by atoms with E-state index in [1.165, 1.54) is 4.90 Å². The minimum Gasteiger partial charge on any atom is -0.328 e. The topological polar surface area (TPSA) is 63.4 Å². The molecule has 2 amide bonds. The lowest BCUT2D eigenvalue weighted by atomic mass is 10.1. The Morgan fingerprint density at radius 1 is 1.18 bits per heavy atom. The van der Waals surface area contributed by atoms with Crippen LogP contribution in [0.2, 0.25) is 0 Å². The zero-order chi connectivity index (χ0) is 12.4. The van der Waals surface area contributed by atoms with Crippen LogP contribution in [-0.4, -0.2) is 29.3 Å². The molecule has 1 unspecified atom stereocenters. The first-order valence-electron chi connectivity index (χ1n) is 5.87. The van der Waals surface area contributed by atoms with Gasteiger partial charge in [-0.25, -0.2) is 0 Å². The molecule has 1 aliphatic rings. The minimum atomic E-state index is -0.213. The van der Waals surface area contributed by atoms with E-state index >= 15 is 0 Å². The van der Waals surface area contributed by atoms with Crippen molar-refractivity contribution < 1.29 is 9.59 Å². The summed E-state index contributed by atoms with van der Waals surface area (Å²) in [4.78, 5) is 25.6. The number of carbonyl (C=O) groups is 2. The summed E-state index contributed by atoms with van der Waals surface area (Å²) < 4.78 is 0. The van der Waals surface area contributed by atoms with Gasteiger partial charge in [-0.2, -0.15) is 0 Å². The Labute approximate surface area is 100 Å². The fourth-order valence-corrected chi connectivity index (χ4v) is 2.23. The zero-order valence-corrected chi connectivity index (χ0v) is 9.85. The summed E-state index contributed by atoms with van der Waals surface area (Å²) in [6, 6.07) is 6.73. The molecule has 2 rings (SSSR count). The average Bonchev–Trinajstić information content (AvgIpc) is 2.61. The van der Waals surface area contributed by atoms with Crippen molar-refractivity contribution in [1.29, 1.82) is 0 Å². The van der Waals surface area contributed by atoms with Gasteiger partial charge >= 0.3 is 0 Å². The normalized spacial score (nSPS) is 16.2. The molecule has 2 N–H and O–H groups in total. The number of fused-ring (bicyclic) bond motifs is 1. The molecule has 1 aromatic rings. The van der Waals surface area contributed by atoms with Crippen LogP contribution in [0.3, 0.4) is 0 Å². The standard InChI is InChI=1S/C13H16N2O2/c1-2-5-9(8-14)15-12(16)10-6-3-4-7-11(10)13(15)17/h3-4,6-7,9H,2,5,8,14H2,1H3. The SMILES string of the molecule is CCCC(CN)N1C(=O)c2ccccc2C1=O. The van der Waals surface area contributed by atoms with Crippen molar-refractivity contribution in [2.24, 2.45) is 5.73 Å². The van der Waals surface area contributed by atoms with E-state index in [9.17, 15) is 9.59 Å². The number of rotatable bonds is 4. The molecule has 4 heteroatoms. The highest BCUT2D eigenvalue weighted by Gasteiger charge is 2.38. The van der Waals surface area contributed by atoms with Gasteiger partial charge in [-0.05, 0) is 18.6 Å². The Balaban J connectivity index is 2.35. The molecule has 0 saturated heterocycles. The highest BCUT2D eigenvalue weighted by atomic mass is 16.2. The molecule has 1 aromatic carbocycles. The predicted octanol–water partition coefficient (Wildman–Crippen LogP) is 1.41. The van der Waals surface area contributed by atoms with Crippen LogP contribution < -0.4 is 5.73 Å². The number of hydrogen-bond donors (Lipinski definition) is 1. The third-order valence-corrected chi connectivity index (χ3v) is 3.08. The second-order valence-corrected chi connectivity index (χ2v) is 4.20. The van der Waals surface area contributed by atoms with Gasteiger partial charge in [-0.15, -0.1) is 0 Å². The maximum absolute atomic E-state index is 12.1. The Hall–Kier alpha value is -1.68. The Morgan fingerprint density at radius 2 is 1.71 bits per heavy atom. The van der Waals surface area contributed by atoms with Gasteiger partial charge in [0.1, 0.15) is 0 Å². The van der Waals surface area contributed by atoms with Gasteiger partial charge in [0, 0.05) is 6.54 Å². The number of nitrogens with zero attached hydrogens (tertiary/aromatic N) is 1.